The van der Waals surface area contributed by atoms with Gasteiger partial charge in [0.05, 0.1) is 9.54 Å². The zero-order valence-corrected chi connectivity index (χ0v) is 13.9. The summed E-state index contributed by atoms with van der Waals surface area (Å²) in [7, 11) is -0.791. The Labute approximate surface area is 121 Å². The lowest BCUT2D eigenvalue weighted by Crippen LogP contribution is -2.31. The lowest BCUT2D eigenvalue weighted by molar-refractivity contribution is 0.326. The van der Waals surface area contributed by atoms with Crippen LogP contribution in [-0.2, 0) is 16.4 Å². The van der Waals surface area contributed by atoms with Gasteiger partial charge < -0.3 is 10.2 Å². The monoisotopic (exact) mass is 354 g/mol. The number of hydrogen-bond donors (Lipinski definition) is 1. The normalized spacial score (nSPS) is 12.2. The Bertz CT molecular complexity index is 459. The van der Waals surface area contributed by atoms with E-state index >= 15 is 0 Å². The van der Waals surface area contributed by atoms with Crippen molar-refractivity contribution in [3.8, 4) is 0 Å². The smallest absolute Gasteiger partial charge is 0.148 e. The fraction of sp³-hybridized carbons (Fsp3) is 0.636. The lowest BCUT2D eigenvalue weighted by Gasteiger charge is -2.16. The van der Waals surface area contributed by atoms with Crippen molar-refractivity contribution in [2.75, 3.05) is 38.7 Å². The van der Waals surface area contributed by atoms with E-state index in [1.165, 1.54) is 11.8 Å². The zero-order chi connectivity index (χ0) is 13.6. The van der Waals surface area contributed by atoms with Crippen LogP contribution in [0.1, 0.15) is 5.56 Å². The Balaban J connectivity index is 2.12. The van der Waals surface area contributed by atoms with Crippen molar-refractivity contribution in [3.63, 3.8) is 0 Å². The molecule has 1 aromatic rings. The van der Waals surface area contributed by atoms with Crippen LogP contribution < -0.4 is 5.32 Å². The van der Waals surface area contributed by atoms with E-state index in [1.54, 1.807) is 11.3 Å². The molecular formula is C11H19BrN2O2S2. The third-order valence-corrected chi connectivity index (χ3v) is 4.89. The Morgan fingerprint density at radius 3 is 2.72 bits per heavy atom. The van der Waals surface area contributed by atoms with Crippen LogP contribution in [-0.4, -0.2) is 52.0 Å². The average molecular weight is 355 g/mol. The molecule has 0 aliphatic rings. The molecule has 0 aliphatic heterocycles. The topological polar surface area (TPSA) is 49.4 Å². The van der Waals surface area contributed by atoms with Crippen molar-refractivity contribution in [2.24, 2.45) is 0 Å². The number of rotatable bonds is 8. The molecule has 4 nitrogen and oxygen atoms in total. The highest BCUT2D eigenvalue weighted by Crippen LogP contribution is 2.21. The van der Waals surface area contributed by atoms with Gasteiger partial charge >= 0.3 is 0 Å². The van der Waals surface area contributed by atoms with Gasteiger partial charge in [-0.2, -0.15) is 0 Å². The molecule has 0 unspecified atom stereocenters. The van der Waals surface area contributed by atoms with Gasteiger partial charge in [-0.3, -0.25) is 0 Å². The number of sulfone groups is 1. The Morgan fingerprint density at radius 1 is 1.44 bits per heavy atom. The van der Waals surface area contributed by atoms with Crippen LogP contribution >= 0.6 is 27.3 Å². The Morgan fingerprint density at radius 2 is 2.17 bits per heavy atom. The van der Waals surface area contributed by atoms with Gasteiger partial charge in [0.1, 0.15) is 9.84 Å². The summed E-state index contributed by atoms with van der Waals surface area (Å²) in [6.45, 7) is 3.14. The number of thiophene rings is 1. The SMILES string of the molecule is CN(CCNCCS(C)(=O)=O)Cc1csc(Br)c1. The number of nitrogens with zero attached hydrogens (tertiary/aromatic N) is 1. The van der Waals surface area contributed by atoms with Crippen molar-refractivity contribution in [1.29, 1.82) is 0 Å². The fourth-order valence-corrected chi connectivity index (χ4v) is 3.19. The highest BCUT2D eigenvalue weighted by Gasteiger charge is 2.03. The summed E-state index contributed by atoms with van der Waals surface area (Å²) in [6.07, 6.45) is 1.26. The second-order valence-electron chi connectivity index (χ2n) is 4.38. The first-order valence-electron chi connectivity index (χ1n) is 5.67. The number of hydrogen-bond acceptors (Lipinski definition) is 5. The fourth-order valence-electron chi connectivity index (χ4n) is 1.47. The minimum absolute atomic E-state index is 0.203. The standard InChI is InChI=1S/C11H19BrN2O2S2/c1-14(8-10-7-11(12)17-9-10)5-3-13-4-6-18(2,15)16/h7,9,13H,3-6,8H2,1-2H3. The number of likely N-dealkylation sites (N-methyl/N-ethyl adjacent to an activating group) is 1. The summed E-state index contributed by atoms with van der Waals surface area (Å²) >= 11 is 5.13. The Hall–Kier alpha value is 0.0500. The minimum Gasteiger partial charge on any atom is -0.314 e. The zero-order valence-electron chi connectivity index (χ0n) is 10.6. The molecule has 0 aliphatic carbocycles. The van der Waals surface area contributed by atoms with Gasteiger partial charge in [-0.1, -0.05) is 0 Å². The van der Waals surface area contributed by atoms with Crippen LogP contribution in [0.4, 0.5) is 0 Å². The molecule has 0 spiro atoms. The minimum atomic E-state index is -2.85. The summed E-state index contributed by atoms with van der Waals surface area (Å²) < 4.78 is 23.0. The first kappa shape index (κ1) is 16.1. The first-order valence-corrected chi connectivity index (χ1v) is 9.40. The average Bonchev–Trinajstić information content (AvgIpc) is 2.61. The van der Waals surface area contributed by atoms with Crippen LogP contribution in [0.3, 0.4) is 0 Å². The summed E-state index contributed by atoms with van der Waals surface area (Å²) in [6, 6.07) is 2.12. The summed E-state index contributed by atoms with van der Waals surface area (Å²) in [4.78, 5) is 2.21. The van der Waals surface area contributed by atoms with Gasteiger partial charge in [-0.15, -0.1) is 11.3 Å². The van der Waals surface area contributed by atoms with Gasteiger partial charge in [-0.05, 0) is 40.0 Å². The molecule has 0 bridgehead atoms. The van der Waals surface area contributed by atoms with E-state index in [2.05, 4.69) is 44.6 Å². The van der Waals surface area contributed by atoms with E-state index in [-0.39, 0.29) is 5.75 Å². The molecule has 0 radical (unpaired) electrons. The van der Waals surface area contributed by atoms with E-state index in [0.717, 1.165) is 23.4 Å². The third-order valence-electron chi connectivity index (χ3n) is 2.39. The molecule has 1 heterocycles. The maximum atomic E-state index is 10.9. The highest BCUT2D eigenvalue weighted by molar-refractivity contribution is 9.11. The van der Waals surface area contributed by atoms with Crippen LogP contribution in [0.5, 0.6) is 0 Å². The lowest BCUT2D eigenvalue weighted by atomic mass is 10.3. The van der Waals surface area contributed by atoms with Crippen molar-refractivity contribution >= 4 is 37.1 Å². The van der Waals surface area contributed by atoms with Crippen LogP contribution in [0.2, 0.25) is 0 Å². The summed E-state index contributed by atoms with van der Waals surface area (Å²) in [5.41, 5.74) is 1.30. The predicted molar refractivity (Wildman–Crippen MR) is 80.9 cm³/mol. The predicted octanol–water partition coefficient (Wildman–Crippen LogP) is 1.58. The van der Waals surface area contributed by atoms with Gasteiger partial charge in [0.2, 0.25) is 0 Å². The molecule has 0 saturated carbocycles. The molecule has 0 aromatic carbocycles. The molecule has 1 N–H and O–H groups in total. The molecule has 104 valence electrons. The molecule has 0 saturated heterocycles. The third kappa shape index (κ3) is 7.48. The molecule has 1 aromatic heterocycles. The Kier molecular flexibility index (Phi) is 6.79. The van der Waals surface area contributed by atoms with Gasteiger partial charge in [0, 0.05) is 32.4 Å². The second kappa shape index (κ2) is 7.59. The number of nitrogens with one attached hydrogen (secondary N) is 1. The van der Waals surface area contributed by atoms with Gasteiger partial charge in [0.15, 0.2) is 0 Å². The van der Waals surface area contributed by atoms with Crippen molar-refractivity contribution in [3.05, 3.63) is 20.8 Å². The molecular weight excluding hydrogens is 336 g/mol. The van der Waals surface area contributed by atoms with E-state index in [0.29, 0.717) is 6.54 Å². The molecule has 0 fully saturated rings. The maximum Gasteiger partial charge on any atom is 0.148 e. The van der Waals surface area contributed by atoms with Crippen LogP contribution in [0.15, 0.2) is 15.2 Å². The highest BCUT2D eigenvalue weighted by atomic mass is 79.9. The van der Waals surface area contributed by atoms with Crippen molar-refractivity contribution in [2.45, 2.75) is 6.54 Å². The van der Waals surface area contributed by atoms with Crippen LogP contribution in [0.25, 0.3) is 0 Å². The van der Waals surface area contributed by atoms with Crippen molar-refractivity contribution < 1.29 is 8.42 Å². The molecule has 0 atom stereocenters. The quantitative estimate of drug-likeness (QED) is 0.720. The first-order chi connectivity index (χ1) is 8.37. The van der Waals surface area contributed by atoms with E-state index in [4.69, 9.17) is 0 Å². The molecule has 7 heteroatoms. The molecule has 1 rings (SSSR count). The second-order valence-corrected chi connectivity index (χ2v) is 8.93. The molecule has 0 amide bonds. The maximum absolute atomic E-state index is 10.9. The van der Waals surface area contributed by atoms with Crippen molar-refractivity contribution in [1.82, 2.24) is 10.2 Å². The summed E-state index contributed by atoms with van der Waals surface area (Å²) in [5, 5.41) is 5.27. The number of halogens is 1. The van der Waals surface area contributed by atoms with E-state index in [1.807, 2.05) is 0 Å². The van der Waals surface area contributed by atoms with Crippen LogP contribution in [0, 0.1) is 0 Å². The summed E-state index contributed by atoms with van der Waals surface area (Å²) in [5.74, 6) is 0.203. The van der Waals surface area contributed by atoms with Gasteiger partial charge in [0.25, 0.3) is 0 Å². The molecule has 18 heavy (non-hydrogen) atoms. The van der Waals surface area contributed by atoms with E-state index in [9.17, 15) is 8.42 Å². The largest absolute Gasteiger partial charge is 0.314 e. The van der Waals surface area contributed by atoms with Gasteiger partial charge in [-0.25, -0.2) is 8.42 Å². The van der Waals surface area contributed by atoms with E-state index < -0.39 is 9.84 Å².